The Bertz CT molecular complexity index is 533. The molecule has 1 unspecified atom stereocenters. The molecule has 1 rings (SSSR count). The Balaban J connectivity index is 3.03. The molecule has 5 nitrogen and oxygen atoms in total. The zero-order valence-electron chi connectivity index (χ0n) is 12.8. The largest absolute Gasteiger partial charge is 0.399 e. The summed E-state index contributed by atoms with van der Waals surface area (Å²) < 4.78 is 27.7. The van der Waals surface area contributed by atoms with Gasteiger partial charge in [0.05, 0.1) is 4.90 Å². The summed E-state index contributed by atoms with van der Waals surface area (Å²) in [5.41, 5.74) is 7.02. The molecule has 0 aliphatic carbocycles. The molecule has 1 atom stereocenters. The van der Waals surface area contributed by atoms with Gasteiger partial charge >= 0.3 is 0 Å². The smallest absolute Gasteiger partial charge is 0.240 e. The van der Waals surface area contributed by atoms with Gasteiger partial charge in [0.25, 0.3) is 0 Å². The summed E-state index contributed by atoms with van der Waals surface area (Å²) in [6.45, 7) is 6.48. The van der Waals surface area contributed by atoms with Gasteiger partial charge < -0.3 is 10.6 Å². The lowest BCUT2D eigenvalue weighted by Gasteiger charge is -2.25. The lowest BCUT2D eigenvalue weighted by Crippen LogP contribution is -2.44. The third-order valence-electron chi connectivity index (χ3n) is 3.06. The number of benzene rings is 1. The van der Waals surface area contributed by atoms with Gasteiger partial charge in [0.15, 0.2) is 0 Å². The van der Waals surface area contributed by atoms with Gasteiger partial charge in [0, 0.05) is 18.3 Å². The maximum absolute atomic E-state index is 12.4. The fourth-order valence-corrected chi connectivity index (χ4v) is 3.49. The summed E-state index contributed by atoms with van der Waals surface area (Å²) in [5.74, 6) is 0.203. The Labute approximate surface area is 122 Å². The Morgan fingerprint density at radius 3 is 2.30 bits per heavy atom. The van der Waals surface area contributed by atoms with Crippen LogP contribution in [-0.4, -0.2) is 40.0 Å². The Morgan fingerprint density at radius 2 is 1.85 bits per heavy atom. The summed E-state index contributed by atoms with van der Waals surface area (Å²) in [6.07, 6.45) is 0. The number of rotatable bonds is 6. The summed E-state index contributed by atoms with van der Waals surface area (Å²) in [5, 5.41) is 0. The van der Waals surface area contributed by atoms with Gasteiger partial charge in [-0.15, -0.1) is 0 Å². The molecule has 0 saturated carbocycles. The first-order valence-corrected chi connectivity index (χ1v) is 8.14. The summed E-state index contributed by atoms with van der Waals surface area (Å²) >= 11 is 0. The number of anilines is 1. The number of nitrogen functional groups attached to an aromatic ring is 1. The average Bonchev–Trinajstić information content (AvgIpc) is 2.25. The molecule has 0 aliphatic rings. The van der Waals surface area contributed by atoms with E-state index in [2.05, 4.69) is 4.72 Å². The van der Waals surface area contributed by atoms with Crippen LogP contribution in [0.15, 0.2) is 23.1 Å². The highest BCUT2D eigenvalue weighted by Gasteiger charge is 2.23. The topological polar surface area (TPSA) is 75.4 Å². The highest BCUT2D eigenvalue weighted by molar-refractivity contribution is 7.89. The molecular formula is C14H25N3O2S. The predicted molar refractivity (Wildman–Crippen MR) is 83.1 cm³/mol. The molecule has 0 aliphatic heterocycles. The molecule has 0 aromatic heterocycles. The monoisotopic (exact) mass is 299 g/mol. The fraction of sp³-hybridized carbons (Fsp3) is 0.571. The summed E-state index contributed by atoms with van der Waals surface area (Å²) in [6, 6.07) is 4.73. The van der Waals surface area contributed by atoms with Crippen molar-refractivity contribution in [3.63, 3.8) is 0 Å². The molecule has 1 aromatic rings. The van der Waals surface area contributed by atoms with E-state index in [4.69, 9.17) is 5.73 Å². The van der Waals surface area contributed by atoms with Crippen molar-refractivity contribution in [2.24, 2.45) is 5.92 Å². The van der Waals surface area contributed by atoms with Gasteiger partial charge in [-0.25, -0.2) is 13.1 Å². The number of aryl methyl sites for hydroxylation is 1. The minimum absolute atomic E-state index is 0.142. The predicted octanol–water partition coefficient (Wildman–Crippen LogP) is 1.44. The molecule has 0 fully saturated rings. The van der Waals surface area contributed by atoms with Crippen LogP contribution >= 0.6 is 0 Å². The average molecular weight is 299 g/mol. The van der Waals surface area contributed by atoms with Crippen LogP contribution in [0, 0.1) is 12.8 Å². The van der Waals surface area contributed by atoms with E-state index < -0.39 is 10.0 Å². The van der Waals surface area contributed by atoms with Crippen molar-refractivity contribution in [2.45, 2.75) is 31.7 Å². The normalized spacial score (nSPS) is 13.9. The lowest BCUT2D eigenvalue weighted by molar-refractivity contribution is 0.314. The first-order chi connectivity index (χ1) is 9.11. The number of sulfonamides is 1. The standard InChI is InChI=1S/C14H25N3O2S/c1-10(2)14(9-17(4)5)16-20(18,19)13-7-11(3)6-12(15)8-13/h6-8,10,14,16H,9,15H2,1-5H3. The van der Waals surface area contributed by atoms with Crippen molar-refractivity contribution in [3.8, 4) is 0 Å². The van der Waals surface area contributed by atoms with Crippen LogP contribution in [0.4, 0.5) is 5.69 Å². The van der Waals surface area contributed by atoms with Crippen molar-refractivity contribution >= 4 is 15.7 Å². The van der Waals surface area contributed by atoms with Crippen LogP contribution in [0.5, 0.6) is 0 Å². The minimum Gasteiger partial charge on any atom is -0.399 e. The number of hydrogen-bond donors (Lipinski definition) is 2. The molecule has 0 radical (unpaired) electrons. The van der Waals surface area contributed by atoms with Crippen LogP contribution < -0.4 is 10.5 Å². The Kier molecular flexibility index (Phi) is 5.56. The highest BCUT2D eigenvalue weighted by Crippen LogP contribution is 2.17. The maximum Gasteiger partial charge on any atom is 0.240 e. The molecule has 0 spiro atoms. The third kappa shape index (κ3) is 4.77. The molecule has 0 amide bonds. The van der Waals surface area contributed by atoms with E-state index in [0.717, 1.165) is 5.56 Å². The van der Waals surface area contributed by atoms with Crippen molar-refractivity contribution in [1.29, 1.82) is 0 Å². The molecule has 114 valence electrons. The van der Waals surface area contributed by atoms with E-state index in [-0.39, 0.29) is 16.9 Å². The fourth-order valence-electron chi connectivity index (χ4n) is 1.98. The van der Waals surface area contributed by atoms with Crippen molar-refractivity contribution in [1.82, 2.24) is 9.62 Å². The molecule has 1 aromatic carbocycles. The molecule has 0 bridgehead atoms. The molecule has 0 heterocycles. The zero-order valence-corrected chi connectivity index (χ0v) is 13.7. The second kappa shape index (κ2) is 6.56. The van der Waals surface area contributed by atoms with Crippen molar-refractivity contribution in [3.05, 3.63) is 23.8 Å². The van der Waals surface area contributed by atoms with Crippen LogP contribution in [0.3, 0.4) is 0 Å². The van der Waals surface area contributed by atoms with Crippen LogP contribution in [-0.2, 0) is 10.0 Å². The van der Waals surface area contributed by atoms with Gasteiger partial charge in [-0.1, -0.05) is 13.8 Å². The minimum atomic E-state index is -3.55. The summed E-state index contributed by atoms with van der Waals surface area (Å²) in [4.78, 5) is 2.19. The summed E-state index contributed by atoms with van der Waals surface area (Å²) in [7, 11) is 0.298. The highest BCUT2D eigenvalue weighted by atomic mass is 32.2. The number of nitrogens with one attached hydrogen (secondary N) is 1. The first-order valence-electron chi connectivity index (χ1n) is 6.66. The van der Waals surface area contributed by atoms with Crippen LogP contribution in [0.1, 0.15) is 19.4 Å². The van der Waals surface area contributed by atoms with E-state index in [1.165, 1.54) is 6.07 Å². The Morgan fingerprint density at radius 1 is 1.25 bits per heavy atom. The van der Waals surface area contributed by atoms with E-state index in [0.29, 0.717) is 12.2 Å². The molecule has 6 heteroatoms. The zero-order chi connectivity index (χ0) is 15.5. The van der Waals surface area contributed by atoms with Crippen LogP contribution in [0.2, 0.25) is 0 Å². The second-order valence-corrected chi connectivity index (χ2v) is 7.53. The van der Waals surface area contributed by atoms with Gasteiger partial charge in [0.2, 0.25) is 10.0 Å². The Hall–Kier alpha value is -1.11. The molecule has 3 N–H and O–H groups in total. The van der Waals surface area contributed by atoms with E-state index in [1.54, 1.807) is 12.1 Å². The molecule has 0 saturated heterocycles. The number of likely N-dealkylation sites (N-methyl/N-ethyl adjacent to an activating group) is 1. The lowest BCUT2D eigenvalue weighted by atomic mass is 10.1. The van der Waals surface area contributed by atoms with Gasteiger partial charge in [0.1, 0.15) is 0 Å². The van der Waals surface area contributed by atoms with E-state index in [1.807, 2.05) is 39.8 Å². The third-order valence-corrected chi connectivity index (χ3v) is 4.53. The first kappa shape index (κ1) is 16.9. The van der Waals surface area contributed by atoms with Gasteiger partial charge in [-0.05, 0) is 50.7 Å². The maximum atomic E-state index is 12.4. The molecule has 20 heavy (non-hydrogen) atoms. The number of nitrogens with zero attached hydrogens (tertiary/aromatic N) is 1. The number of nitrogens with two attached hydrogens (primary N) is 1. The van der Waals surface area contributed by atoms with Crippen molar-refractivity contribution in [2.75, 3.05) is 26.4 Å². The van der Waals surface area contributed by atoms with E-state index >= 15 is 0 Å². The quantitative estimate of drug-likeness (QED) is 0.779. The van der Waals surface area contributed by atoms with Gasteiger partial charge in [-0.3, -0.25) is 0 Å². The van der Waals surface area contributed by atoms with Crippen LogP contribution in [0.25, 0.3) is 0 Å². The van der Waals surface area contributed by atoms with E-state index in [9.17, 15) is 8.42 Å². The SMILES string of the molecule is Cc1cc(N)cc(S(=O)(=O)NC(CN(C)C)C(C)C)c1. The second-order valence-electron chi connectivity index (χ2n) is 5.81. The van der Waals surface area contributed by atoms with Crippen molar-refractivity contribution < 1.29 is 8.42 Å². The number of hydrogen-bond acceptors (Lipinski definition) is 4. The van der Waals surface area contributed by atoms with Gasteiger partial charge in [-0.2, -0.15) is 0 Å². The molecular weight excluding hydrogens is 274 g/mol.